The van der Waals surface area contributed by atoms with E-state index in [0.29, 0.717) is 5.57 Å². The van der Waals surface area contributed by atoms with Crippen molar-refractivity contribution in [2.45, 2.75) is 107 Å². The van der Waals surface area contributed by atoms with Gasteiger partial charge in [0.25, 0.3) is 0 Å². The standard InChI is InChI=1S/C57H56O17/c1-27(2)12-16-39-46(70-32(8)60)21-20-41(53(39)65)54(66)50-43(38-18-14-36(68-30(6)58)24-47(38)71-33(9)61)22-29(5)23-44(50)51-49(73-35(11)63)26-45(64)52-55(67)42(17-13-28(3)4)56(74-57(51)52)40-19-15-37(69-31(7)59)25-48(40)72-34(10)62/h12-15,18-21,23-26,43-44,50,64-65H,16-17,22H2,1-11H3. The molecular formula is C57H56O17. The summed E-state index contributed by atoms with van der Waals surface area (Å²) in [5.41, 5.74) is 1.18. The van der Waals surface area contributed by atoms with Gasteiger partial charge in [-0.25, -0.2) is 0 Å². The summed E-state index contributed by atoms with van der Waals surface area (Å²) < 4.78 is 40.2. The van der Waals surface area contributed by atoms with Crippen LogP contribution in [-0.4, -0.2) is 51.8 Å². The van der Waals surface area contributed by atoms with Gasteiger partial charge in [0.05, 0.1) is 11.1 Å². The van der Waals surface area contributed by atoms with Crippen molar-refractivity contribution in [3.63, 3.8) is 0 Å². The van der Waals surface area contributed by atoms with Crippen LogP contribution in [0.3, 0.4) is 0 Å². The van der Waals surface area contributed by atoms with Crippen LogP contribution in [0.5, 0.6) is 46.0 Å². The van der Waals surface area contributed by atoms with Crippen LogP contribution in [0.15, 0.2) is 98.8 Å². The average molecular weight is 1010 g/mol. The highest BCUT2D eigenvalue weighted by Crippen LogP contribution is 2.54. The number of allylic oxidation sites excluding steroid dienone is 6. The molecule has 74 heavy (non-hydrogen) atoms. The molecule has 17 heteroatoms. The van der Waals surface area contributed by atoms with Crippen LogP contribution >= 0.6 is 0 Å². The molecule has 0 aliphatic heterocycles. The molecule has 3 unspecified atom stereocenters. The number of carbonyl (C=O) groups excluding carboxylic acids is 7. The van der Waals surface area contributed by atoms with Crippen molar-refractivity contribution < 1.29 is 76.6 Å². The highest BCUT2D eigenvalue weighted by Gasteiger charge is 2.45. The topological polar surface area (TPSA) is 246 Å². The van der Waals surface area contributed by atoms with Crippen LogP contribution in [0, 0.1) is 5.92 Å². The molecule has 3 atom stereocenters. The zero-order chi connectivity index (χ0) is 54.5. The van der Waals surface area contributed by atoms with Crippen molar-refractivity contribution >= 4 is 52.6 Å². The third-order valence-electron chi connectivity index (χ3n) is 11.8. The molecule has 0 bridgehead atoms. The fourth-order valence-electron chi connectivity index (χ4n) is 8.96. The molecule has 0 spiro atoms. The number of Topliss-reactive ketones (excluding diaryl/α,β-unsaturated/α-hetero) is 1. The molecule has 0 radical (unpaired) electrons. The SMILES string of the molecule is CC(=O)Oc1ccc(-c2oc3c(C4C=C(C)CC(c5ccc(OC(C)=O)cc5OC(C)=O)C4C(=O)c4ccc(OC(C)=O)c(CC=C(C)C)c4O)c(OC(C)=O)cc(O)c3c(=O)c2CC=C(C)C)c(OC(C)=O)c1. The summed E-state index contributed by atoms with van der Waals surface area (Å²) in [4.78, 5) is 106. The predicted molar refractivity (Wildman–Crippen MR) is 270 cm³/mol. The molecule has 17 nitrogen and oxygen atoms in total. The second-order valence-corrected chi connectivity index (χ2v) is 18.3. The van der Waals surface area contributed by atoms with Crippen molar-refractivity contribution in [2.24, 2.45) is 5.92 Å². The molecule has 386 valence electrons. The summed E-state index contributed by atoms with van der Waals surface area (Å²) in [6.07, 6.45) is 5.24. The van der Waals surface area contributed by atoms with Crippen molar-refractivity contribution in [3.05, 3.63) is 128 Å². The van der Waals surface area contributed by atoms with E-state index in [1.165, 1.54) is 69.3 Å². The second-order valence-electron chi connectivity index (χ2n) is 18.3. The lowest BCUT2D eigenvalue weighted by Gasteiger charge is -2.38. The molecule has 1 aromatic heterocycles. The minimum Gasteiger partial charge on any atom is -0.507 e. The number of hydrogen-bond donors (Lipinski definition) is 2. The van der Waals surface area contributed by atoms with E-state index in [1.807, 2.05) is 13.8 Å². The number of ether oxygens (including phenoxy) is 6. The molecule has 1 aliphatic rings. The highest BCUT2D eigenvalue weighted by atomic mass is 16.6. The minimum absolute atomic E-state index is 0.0105. The van der Waals surface area contributed by atoms with Gasteiger partial charge in [0.15, 0.2) is 5.78 Å². The molecule has 0 saturated heterocycles. The molecular weight excluding hydrogens is 957 g/mol. The highest BCUT2D eigenvalue weighted by molar-refractivity contribution is 6.03. The lowest BCUT2D eigenvalue weighted by atomic mass is 9.65. The van der Waals surface area contributed by atoms with Gasteiger partial charge in [-0.1, -0.05) is 41.0 Å². The van der Waals surface area contributed by atoms with E-state index in [-0.39, 0.29) is 104 Å². The Morgan fingerprint density at radius 2 is 1.12 bits per heavy atom. The van der Waals surface area contributed by atoms with Gasteiger partial charge in [-0.2, -0.15) is 0 Å². The van der Waals surface area contributed by atoms with E-state index < -0.39 is 76.3 Å². The number of aromatic hydroxyl groups is 2. The normalized spacial score (nSPS) is 15.0. The summed E-state index contributed by atoms with van der Waals surface area (Å²) in [7, 11) is 0. The van der Waals surface area contributed by atoms with Crippen LogP contribution in [-0.2, 0) is 41.6 Å². The van der Waals surface area contributed by atoms with Gasteiger partial charge in [0.2, 0.25) is 5.43 Å². The monoisotopic (exact) mass is 1010 g/mol. The fourth-order valence-corrected chi connectivity index (χ4v) is 8.96. The van der Waals surface area contributed by atoms with E-state index in [2.05, 4.69) is 0 Å². The van der Waals surface area contributed by atoms with Gasteiger partial charge in [0.1, 0.15) is 62.7 Å². The Hall–Kier alpha value is -8.60. The second kappa shape index (κ2) is 22.9. The molecule has 0 saturated carbocycles. The maximum Gasteiger partial charge on any atom is 0.308 e. The molecule has 4 aromatic carbocycles. The van der Waals surface area contributed by atoms with Crippen LogP contribution < -0.4 is 33.8 Å². The van der Waals surface area contributed by atoms with E-state index >= 15 is 9.59 Å². The smallest absolute Gasteiger partial charge is 0.308 e. The van der Waals surface area contributed by atoms with Gasteiger partial charge >= 0.3 is 35.8 Å². The fraction of sp³-hybridized carbons (Fsp3) is 0.298. The van der Waals surface area contributed by atoms with E-state index in [1.54, 1.807) is 39.0 Å². The van der Waals surface area contributed by atoms with Crippen LogP contribution in [0.4, 0.5) is 0 Å². The average Bonchev–Trinajstić information content (AvgIpc) is 3.27. The molecule has 0 amide bonds. The molecule has 0 fully saturated rings. The number of rotatable bonds is 15. The third kappa shape index (κ3) is 12.5. The number of fused-ring (bicyclic) bond motifs is 1. The minimum atomic E-state index is -1.42. The first-order chi connectivity index (χ1) is 34.8. The first-order valence-electron chi connectivity index (χ1n) is 23.4. The largest absolute Gasteiger partial charge is 0.507 e. The summed E-state index contributed by atoms with van der Waals surface area (Å²) in [5, 5.41) is 23.7. The predicted octanol–water partition coefficient (Wildman–Crippen LogP) is 10.2. The number of benzene rings is 4. The lowest BCUT2D eigenvalue weighted by Crippen LogP contribution is -2.32. The van der Waals surface area contributed by atoms with Crippen molar-refractivity contribution in [2.75, 3.05) is 0 Å². The Morgan fingerprint density at radius 3 is 1.69 bits per heavy atom. The van der Waals surface area contributed by atoms with Crippen LogP contribution in [0.1, 0.15) is 127 Å². The van der Waals surface area contributed by atoms with Gasteiger partial charge in [-0.15, -0.1) is 0 Å². The van der Waals surface area contributed by atoms with Gasteiger partial charge in [0, 0.05) is 94.2 Å². The van der Waals surface area contributed by atoms with Crippen molar-refractivity contribution in [3.8, 4) is 57.3 Å². The molecule has 1 heterocycles. The van der Waals surface area contributed by atoms with Crippen molar-refractivity contribution in [1.82, 2.24) is 0 Å². The Labute approximate surface area is 426 Å². The Balaban J connectivity index is 1.80. The summed E-state index contributed by atoms with van der Waals surface area (Å²) in [5.74, 6) is -10.9. The Morgan fingerprint density at radius 1 is 0.608 bits per heavy atom. The number of phenolic OH excluding ortho intramolecular Hbond substituents is 2. The number of hydrogen-bond acceptors (Lipinski definition) is 17. The zero-order valence-corrected chi connectivity index (χ0v) is 42.8. The van der Waals surface area contributed by atoms with Crippen LogP contribution in [0.2, 0.25) is 0 Å². The maximum absolute atomic E-state index is 16.0. The Bertz CT molecular complexity index is 3300. The summed E-state index contributed by atoms with van der Waals surface area (Å²) >= 11 is 0. The van der Waals surface area contributed by atoms with E-state index in [0.717, 1.165) is 38.0 Å². The maximum atomic E-state index is 16.0. The van der Waals surface area contributed by atoms with Gasteiger partial charge in [-0.05, 0) is 89.8 Å². The number of esters is 6. The number of phenols is 2. The number of carbonyl (C=O) groups is 7. The summed E-state index contributed by atoms with van der Waals surface area (Å²) in [6, 6.07) is 12.1. The zero-order valence-electron chi connectivity index (χ0n) is 42.8. The number of ketones is 1. The molecule has 5 aromatic rings. The van der Waals surface area contributed by atoms with Gasteiger partial charge < -0.3 is 43.1 Å². The first kappa shape index (κ1) is 54.7. The van der Waals surface area contributed by atoms with Crippen molar-refractivity contribution in [1.29, 1.82) is 0 Å². The molecule has 6 rings (SSSR count). The van der Waals surface area contributed by atoms with Crippen LogP contribution in [0.25, 0.3) is 22.3 Å². The summed E-state index contributed by atoms with van der Waals surface area (Å²) in [6.45, 7) is 16.0. The lowest BCUT2D eigenvalue weighted by molar-refractivity contribution is -0.133. The van der Waals surface area contributed by atoms with Gasteiger partial charge in [-0.3, -0.25) is 38.4 Å². The molecule has 1 aliphatic carbocycles. The quantitative estimate of drug-likeness (QED) is 0.0428. The van der Waals surface area contributed by atoms with E-state index in [4.69, 9.17) is 32.8 Å². The Kier molecular flexibility index (Phi) is 16.9. The van der Waals surface area contributed by atoms with E-state index in [9.17, 15) is 39.0 Å². The first-order valence-corrected chi connectivity index (χ1v) is 23.4. The third-order valence-corrected chi connectivity index (χ3v) is 11.8. The molecule has 2 N–H and O–H groups in total.